The van der Waals surface area contributed by atoms with Crippen LogP contribution in [0.1, 0.15) is 15.9 Å². The number of hydrazone groups is 1. The molecule has 0 saturated heterocycles. The zero-order valence-corrected chi connectivity index (χ0v) is 38.1. The van der Waals surface area contributed by atoms with E-state index >= 15 is 0 Å². The standard InChI is InChI=1S/C26H19N5O12S4.4Na/c27-20-12-18-13(9-23(20)46(38,39)40)10-24(47(41,42)43)25(26(18)32)31-30-22-8-7-21(17-6-3-15(44(33)34)11-19(17)22)29-28-14-1-4-16(5-2-14)45(35,36)37;;;;/h1-12,30H,27H2,(H,33,34)(H,35,36,37)(H,38,39,40)(H,41,42,43);;;;/q;4*+1/p-4/b29-28?,31-25-;;;;. The molecule has 4 aromatic rings. The van der Waals surface area contributed by atoms with Crippen LogP contribution in [0, 0.1) is 0 Å². The van der Waals surface area contributed by atoms with Crippen LogP contribution in [0.4, 0.5) is 22.7 Å². The molecule has 1 unspecified atom stereocenters. The van der Waals surface area contributed by atoms with E-state index in [1.54, 1.807) is 0 Å². The summed E-state index contributed by atoms with van der Waals surface area (Å²) in [7, 11) is -15.2. The minimum absolute atomic E-state index is 0. The van der Waals surface area contributed by atoms with Crippen molar-refractivity contribution in [1.82, 2.24) is 0 Å². The van der Waals surface area contributed by atoms with Crippen molar-refractivity contribution in [2.45, 2.75) is 14.7 Å². The average Bonchev–Trinajstić information content (AvgIpc) is 2.98. The van der Waals surface area contributed by atoms with Crippen molar-refractivity contribution in [3.63, 3.8) is 0 Å². The maximum absolute atomic E-state index is 13.3. The van der Waals surface area contributed by atoms with E-state index in [1.165, 1.54) is 42.5 Å². The summed E-state index contributed by atoms with van der Waals surface area (Å²) in [5, 5.41) is 12.3. The number of ketones is 1. The van der Waals surface area contributed by atoms with Crippen LogP contribution in [0.15, 0.2) is 102 Å². The predicted molar refractivity (Wildman–Crippen MR) is 162 cm³/mol. The van der Waals surface area contributed by atoms with E-state index in [0.717, 1.165) is 18.2 Å². The Labute approximate surface area is 381 Å². The molecule has 17 nitrogen and oxygen atoms in total. The molecule has 1 aliphatic rings. The van der Waals surface area contributed by atoms with Crippen LogP contribution >= 0.6 is 0 Å². The van der Waals surface area contributed by atoms with E-state index in [-0.39, 0.29) is 162 Å². The number of allylic oxidation sites excluding steroid dienone is 1. The van der Waals surface area contributed by atoms with E-state index in [1.807, 2.05) is 0 Å². The molecule has 51 heavy (non-hydrogen) atoms. The maximum atomic E-state index is 13.3. The number of carbonyl (C=O) groups is 1. The fraction of sp³-hybridized carbons (Fsp3) is 0. The minimum Gasteiger partial charge on any atom is -0.768 e. The van der Waals surface area contributed by atoms with Gasteiger partial charge in [0.05, 0.1) is 31.8 Å². The normalized spacial score (nSPS) is 14.3. The number of Topliss-reactive ketones (excluding diaryl/α,β-unsaturated/α-hetero) is 1. The fourth-order valence-electron chi connectivity index (χ4n) is 4.40. The van der Waals surface area contributed by atoms with Gasteiger partial charge < -0.3 is 23.9 Å². The van der Waals surface area contributed by atoms with E-state index in [2.05, 4.69) is 20.8 Å². The number of nitrogens with zero attached hydrogens (tertiary/aromatic N) is 3. The summed E-state index contributed by atoms with van der Waals surface area (Å²) in [5.74, 6) is -1.17. The topological polar surface area (TPSA) is 304 Å². The number of anilines is 2. The van der Waals surface area contributed by atoms with Crippen LogP contribution in [0.3, 0.4) is 0 Å². The Morgan fingerprint density at radius 3 is 1.90 bits per heavy atom. The maximum Gasteiger partial charge on any atom is 1.00 e. The van der Waals surface area contributed by atoms with Gasteiger partial charge in [0.1, 0.15) is 36.1 Å². The molecule has 0 saturated carbocycles. The first-order valence-corrected chi connectivity index (χ1v) is 17.7. The van der Waals surface area contributed by atoms with Gasteiger partial charge >= 0.3 is 118 Å². The molecule has 0 heterocycles. The van der Waals surface area contributed by atoms with Gasteiger partial charge in [-0.2, -0.15) is 10.2 Å². The summed E-state index contributed by atoms with van der Waals surface area (Å²) in [6.45, 7) is 0. The molecule has 0 aliphatic heterocycles. The summed E-state index contributed by atoms with van der Waals surface area (Å²) >= 11 is -2.71. The zero-order chi connectivity index (χ0) is 34.5. The summed E-state index contributed by atoms with van der Waals surface area (Å²) in [6, 6.07) is 12.5. The first-order chi connectivity index (χ1) is 21.8. The Hall–Kier alpha value is -0.740. The summed E-state index contributed by atoms with van der Waals surface area (Å²) in [4.78, 5) is 10.5. The van der Waals surface area contributed by atoms with E-state index in [0.29, 0.717) is 12.1 Å². The second-order valence-corrected chi connectivity index (χ2v) is 14.5. The molecule has 1 aliphatic carbocycles. The number of hydrogen-bond acceptors (Lipinski definition) is 17. The fourth-order valence-corrected chi connectivity index (χ4v) is 6.53. The van der Waals surface area contributed by atoms with E-state index < -0.39 is 73.3 Å². The Balaban J connectivity index is 0.00000325. The van der Waals surface area contributed by atoms with Crippen molar-refractivity contribution in [3.8, 4) is 0 Å². The molecule has 4 aromatic carbocycles. The Morgan fingerprint density at radius 2 is 1.35 bits per heavy atom. The molecule has 244 valence electrons. The van der Waals surface area contributed by atoms with Gasteiger partial charge in [0, 0.05) is 26.9 Å². The SMILES string of the molecule is Nc1cc2c(cc1S(=O)(=O)[O-])C=C(S(=O)(=O)[O-])/C(=N/Nc1ccc(N=Nc3ccc(S(=O)(=O)[O-])cc3)c3ccc(S(=O)[O-])cc13)C2=O.[Na+].[Na+].[Na+].[Na+]. The largest absolute Gasteiger partial charge is 1.00 e. The van der Waals surface area contributed by atoms with Crippen molar-refractivity contribution < 1.29 is 171 Å². The number of nitrogens with two attached hydrogens (primary N) is 1. The third-order valence-corrected chi connectivity index (χ3v) is 9.78. The Kier molecular flexibility index (Phi) is 17.7. The summed E-state index contributed by atoms with van der Waals surface area (Å²) in [6.07, 6.45) is 0.660. The van der Waals surface area contributed by atoms with Crippen LogP contribution < -0.4 is 129 Å². The van der Waals surface area contributed by atoms with Gasteiger partial charge in [0.2, 0.25) is 5.78 Å². The van der Waals surface area contributed by atoms with Crippen molar-refractivity contribution in [3.05, 3.63) is 82.8 Å². The van der Waals surface area contributed by atoms with E-state index in [9.17, 15) is 52.5 Å². The number of nitrogens with one attached hydrogen (secondary N) is 1. The zero-order valence-electron chi connectivity index (χ0n) is 26.9. The third-order valence-electron chi connectivity index (χ3n) is 6.54. The molecular formula is C26H15N5Na4O12S4. The number of rotatable bonds is 8. The van der Waals surface area contributed by atoms with Gasteiger partial charge in [0.25, 0.3) is 0 Å². The van der Waals surface area contributed by atoms with Gasteiger partial charge in [-0.1, -0.05) is 6.07 Å². The van der Waals surface area contributed by atoms with Crippen LogP contribution in [0.25, 0.3) is 16.8 Å². The van der Waals surface area contributed by atoms with Gasteiger partial charge in [-0.05, 0) is 83.4 Å². The molecule has 0 bridgehead atoms. The third kappa shape index (κ3) is 11.2. The molecule has 0 radical (unpaired) electrons. The number of azo groups is 1. The molecular weight excluding hydrogens is 795 g/mol. The van der Waals surface area contributed by atoms with Crippen molar-refractivity contribution in [1.29, 1.82) is 0 Å². The van der Waals surface area contributed by atoms with Gasteiger partial charge in [-0.3, -0.25) is 14.4 Å². The number of benzene rings is 4. The van der Waals surface area contributed by atoms with Gasteiger partial charge in [0.15, 0.2) is 0 Å². The van der Waals surface area contributed by atoms with Crippen LogP contribution in [-0.2, 0) is 41.4 Å². The van der Waals surface area contributed by atoms with Crippen LogP contribution in [0.2, 0.25) is 0 Å². The average molecular weight is 810 g/mol. The van der Waals surface area contributed by atoms with E-state index in [4.69, 9.17) is 5.73 Å². The number of carbonyl (C=O) groups excluding carboxylic acids is 1. The molecule has 25 heteroatoms. The van der Waals surface area contributed by atoms with Crippen molar-refractivity contribution in [2.24, 2.45) is 15.3 Å². The summed E-state index contributed by atoms with van der Waals surface area (Å²) in [5.41, 5.74) is 6.10. The monoisotopic (exact) mass is 809 g/mol. The first kappa shape index (κ1) is 48.3. The second kappa shape index (κ2) is 18.7. The number of hydrogen-bond donors (Lipinski definition) is 2. The predicted octanol–water partition coefficient (Wildman–Crippen LogP) is -9.55. The molecule has 5 rings (SSSR count). The molecule has 3 N–H and O–H groups in total. The molecule has 0 spiro atoms. The second-order valence-electron chi connectivity index (χ2n) is 9.52. The van der Waals surface area contributed by atoms with Crippen LogP contribution in [0.5, 0.6) is 0 Å². The summed E-state index contributed by atoms with van der Waals surface area (Å²) < 4.78 is 128. The number of fused-ring (bicyclic) bond motifs is 2. The molecule has 0 aromatic heterocycles. The van der Waals surface area contributed by atoms with Gasteiger partial charge in [-0.25, -0.2) is 25.3 Å². The Bertz CT molecular complexity index is 2480. The first-order valence-electron chi connectivity index (χ1n) is 12.4. The van der Waals surface area contributed by atoms with Crippen molar-refractivity contribution >= 4 is 92.5 Å². The Morgan fingerprint density at radius 1 is 0.725 bits per heavy atom. The van der Waals surface area contributed by atoms with Crippen LogP contribution in [-0.4, -0.2) is 59.2 Å². The smallest absolute Gasteiger partial charge is 0.768 e. The quantitative estimate of drug-likeness (QED) is 0.0417. The molecule has 0 amide bonds. The number of nitrogen functional groups attached to an aromatic ring is 1. The van der Waals surface area contributed by atoms with Crippen molar-refractivity contribution in [2.75, 3.05) is 11.2 Å². The molecule has 0 fully saturated rings. The molecule has 1 atom stereocenters. The minimum atomic E-state index is -5.42. The van der Waals surface area contributed by atoms with Gasteiger partial charge in [-0.15, -0.1) is 5.11 Å².